The highest BCUT2D eigenvalue weighted by Crippen LogP contribution is 2.06. The number of aromatic nitrogens is 2. The standard InChI is InChI=1S/C11H17N3O2/c1-3-9-7-12-11(13-8-9)14(2)6-4-5-10(15)16/h7-8H,3-6H2,1-2H3,(H,15,16). The van der Waals surface area contributed by atoms with Crippen molar-refractivity contribution in [3.8, 4) is 0 Å². The maximum Gasteiger partial charge on any atom is 0.303 e. The Balaban J connectivity index is 2.45. The van der Waals surface area contributed by atoms with Gasteiger partial charge in [0.1, 0.15) is 0 Å². The van der Waals surface area contributed by atoms with E-state index < -0.39 is 5.97 Å². The van der Waals surface area contributed by atoms with E-state index in [0.717, 1.165) is 12.0 Å². The van der Waals surface area contributed by atoms with E-state index >= 15 is 0 Å². The van der Waals surface area contributed by atoms with Crippen LogP contribution in [0.1, 0.15) is 25.3 Å². The Morgan fingerprint density at radius 2 is 2.06 bits per heavy atom. The second-order valence-corrected chi connectivity index (χ2v) is 3.66. The van der Waals surface area contributed by atoms with Crippen molar-refractivity contribution in [2.45, 2.75) is 26.2 Å². The molecular formula is C11H17N3O2. The number of aryl methyl sites for hydroxylation is 1. The quantitative estimate of drug-likeness (QED) is 0.788. The van der Waals surface area contributed by atoms with Crippen LogP contribution in [-0.2, 0) is 11.2 Å². The Hall–Kier alpha value is -1.65. The van der Waals surface area contributed by atoms with E-state index in [1.807, 2.05) is 11.9 Å². The molecule has 0 fully saturated rings. The number of hydrogen-bond acceptors (Lipinski definition) is 4. The van der Waals surface area contributed by atoms with Gasteiger partial charge in [-0.25, -0.2) is 9.97 Å². The minimum Gasteiger partial charge on any atom is -0.481 e. The SMILES string of the molecule is CCc1cnc(N(C)CCCC(=O)O)nc1. The Morgan fingerprint density at radius 3 is 2.56 bits per heavy atom. The summed E-state index contributed by atoms with van der Waals surface area (Å²) >= 11 is 0. The van der Waals surface area contributed by atoms with Gasteiger partial charge in [0.25, 0.3) is 0 Å². The zero-order chi connectivity index (χ0) is 12.0. The smallest absolute Gasteiger partial charge is 0.303 e. The maximum atomic E-state index is 10.4. The lowest BCUT2D eigenvalue weighted by Gasteiger charge is -2.16. The van der Waals surface area contributed by atoms with E-state index in [-0.39, 0.29) is 6.42 Å². The number of nitrogens with zero attached hydrogens (tertiary/aromatic N) is 3. The van der Waals surface area contributed by atoms with Gasteiger partial charge in [0.15, 0.2) is 0 Å². The normalized spacial score (nSPS) is 10.1. The summed E-state index contributed by atoms with van der Waals surface area (Å²) in [7, 11) is 1.86. The van der Waals surface area contributed by atoms with Crippen LogP contribution >= 0.6 is 0 Å². The summed E-state index contributed by atoms with van der Waals surface area (Å²) in [4.78, 5) is 20.6. The number of carbonyl (C=O) groups is 1. The van der Waals surface area contributed by atoms with Crippen molar-refractivity contribution in [2.24, 2.45) is 0 Å². The fourth-order valence-corrected chi connectivity index (χ4v) is 1.30. The summed E-state index contributed by atoms with van der Waals surface area (Å²) in [6, 6.07) is 0. The van der Waals surface area contributed by atoms with Gasteiger partial charge in [-0.2, -0.15) is 0 Å². The van der Waals surface area contributed by atoms with Gasteiger partial charge in [0.05, 0.1) is 0 Å². The molecule has 0 saturated heterocycles. The number of anilines is 1. The molecule has 1 rings (SSSR count). The van der Waals surface area contributed by atoms with Crippen LogP contribution in [0.25, 0.3) is 0 Å². The van der Waals surface area contributed by atoms with Crippen LogP contribution in [0.2, 0.25) is 0 Å². The molecule has 1 aromatic rings. The first-order valence-electron chi connectivity index (χ1n) is 5.37. The van der Waals surface area contributed by atoms with Crippen molar-refractivity contribution in [3.05, 3.63) is 18.0 Å². The molecule has 0 unspecified atom stereocenters. The van der Waals surface area contributed by atoms with Gasteiger partial charge < -0.3 is 10.0 Å². The second-order valence-electron chi connectivity index (χ2n) is 3.66. The predicted molar refractivity (Wildman–Crippen MR) is 61.5 cm³/mol. The topological polar surface area (TPSA) is 66.3 Å². The third kappa shape index (κ3) is 3.84. The molecular weight excluding hydrogens is 206 g/mol. The molecule has 0 amide bonds. The Bertz CT molecular complexity index is 338. The largest absolute Gasteiger partial charge is 0.481 e. The summed E-state index contributed by atoms with van der Waals surface area (Å²) in [5.41, 5.74) is 1.10. The molecule has 0 saturated carbocycles. The lowest BCUT2D eigenvalue weighted by Crippen LogP contribution is -2.21. The highest BCUT2D eigenvalue weighted by Gasteiger charge is 2.05. The number of carboxylic acid groups (broad SMARTS) is 1. The summed E-state index contributed by atoms with van der Waals surface area (Å²) in [5.74, 6) is -0.127. The summed E-state index contributed by atoms with van der Waals surface area (Å²) < 4.78 is 0. The Labute approximate surface area is 95.1 Å². The molecule has 0 atom stereocenters. The van der Waals surface area contributed by atoms with E-state index in [2.05, 4.69) is 16.9 Å². The molecule has 0 aliphatic heterocycles. The molecule has 0 aromatic carbocycles. The number of hydrogen-bond donors (Lipinski definition) is 1. The minimum atomic E-state index is -0.768. The van der Waals surface area contributed by atoms with E-state index in [9.17, 15) is 4.79 Å². The van der Waals surface area contributed by atoms with Gasteiger partial charge in [-0.3, -0.25) is 4.79 Å². The summed E-state index contributed by atoms with van der Waals surface area (Å²) in [6.07, 6.45) is 5.30. The fraction of sp³-hybridized carbons (Fsp3) is 0.545. The molecule has 1 aromatic heterocycles. The molecule has 5 heteroatoms. The number of carboxylic acids is 1. The van der Waals surface area contributed by atoms with E-state index in [0.29, 0.717) is 18.9 Å². The maximum absolute atomic E-state index is 10.4. The van der Waals surface area contributed by atoms with Crippen LogP contribution in [0, 0.1) is 0 Å². The third-order valence-electron chi connectivity index (χ3n) is 2.33. The lowest BCUT2D eigenvalue weighted by molar-refractivity contribution is -0.137. The fourth-order valence-electron chi connectivity index (χ4n) is 1.30. The van der Waals surface area contributed by atoms with E-state index in [1.54, 1.807) is 12.4 Å². The van der Waals surface area contributed by atoms with Gasteiger partial charge in [0.2, 0.25) is 5.95 Å². The van der Waals surface area contributed by atoms with Gasteiger partial charge in [-0.05, 0) is 18.4 Å². The minimum absolute atomic E-state index is 0.178. The molecule has 88 valence electrons. The molecule has 0 aliphatic carbocycles. The van der Waals surface area contributed by atoms with Crippen LogP contribution in [0.5, 0.6) is 0 Å². The van der Waals surface area contributed by atoms with Crippen LogP contribution in [0.15, 0.2) is 12.4 Å². The monoisotopic (exact) mass is 223 g/mol. The van der Waals surface area contributed by atoms with Crippen LogP contribution in [-0.4, -0.2) is 34.6 Å². The molecule has 16 heavy (non-hydrogen) atoms. The van der Waals surface area contributed by atoms with Gasteiger partial charge in [0, 0.05) is 32.4 Å². The molecule has 0 aliphatic rings. The highest BCUT2D eigenvalue weighted by molar-refractivity contribution is 5.66. The second kappa shape index (κ2) is 6.05. The molecule has 1 N–H and O–H groups in total. The van der Waals surface area contributed by atoms with Crippen LogP contribution < -0.4 is 4.90 Å². The first kappa shape index (κ1) is 12.4. The van der Waals surface area contributed by atoms with Crippen molar-refractivity contribution in [3.63, 3.8) is 0 Å². The molecule has 0 spiro atoms. The average molecular weight is 223 g/mol. The van der Waals surface area contributed by atoms with E-state index in [4.69, 9.17) is 5.11 Å². The van der Waals surface area contributed by atoms with Crippen LogP contribution in [0.3, 0.4) is 0 Å². The summed E-state index contributed by atoms with van der Waals surface area (Å²) in [5, 5.41) is 8.52. The van der Waals surface area contributed by atoms with Gasteiger partial charge >= 0.3 is 5.97 Å². The molecule has 0 bridgehead atoms. The van der Waals surface area contributed by atoms with Crippen molar-refractivity contribution in [1.82, 2.24) is 9.97 Å². The van der Waals surface area contributed by atoms with Crippen LogP contribution in [0.4, 0.5) is 5.95 Å². The molecule has 5 nitrogen and oxygen atoms in total. The van der Waals surface area contributed by atoms with Crippen molar-refractivity contribution >= 4 is 11.9 Å². The lowest BCUT2D eigenvalue weighted by atomic mass is 10.3. The number of rotatable bonds is 6. The summed E-state index contributed by atoms with van der Waals surface area (Å²) in [6.45, 7) is 2.70. The van der Waals surface area contributed by atoms with Crippen molar-refractivity contribution in [1.29, 1.82) is 0 Å². The van der Waals surface area contributed by atoms with Crippen molar-refractivity contribution < 1.29 is 9.90 Å². The van der Waals surface area contributed by atoms with Gasteiger partial charge in [-0.15, -0.1) is 0 Å². The van der Waals surface area contributed by atoms with Crippen molar-refractivity contribution in [2.75, 3.05) is 18.5 Å². The first-order valence-corrected chi connectivity index (χ1v) is 5.37. The third-order valence-corrected chi connectivity index (χ3v) is 2.33. The van der Waals surface area contributed by atoms with Gasteiger partial charge in [-0.1, -0.05) is 6.92 Å². The Kier molecular flexibility index (Phi) is 4.69. The average Bonchev–Trinajstić information content (AvgIpc) is 2.28. The zero-order valence-corrected chi connectivity index (χ0v) is 9.68. The predicted octanol–water partition coefficient (Wildman–Crippen LogP) is 1.34. The highest BCUT2D eigenvalue weighted by atomic mass is 16.4. The number of aliphatic carboxylic acids is 1. The van der Waals surface area contributed by atoms with E-state index in [1.165, 1.54) is 0 Å². The molecule has 1 heterocycles. The zero-order valence-electron chi connectivity index (χ0n) is 9.68. The Morgan fingerprint density at radius 1 is 1.44 bits per heavy atom. The molecule has 0 radical (unpaired) electrons. The first-order chi connectivity index (χ1) is 7.63.